The van der Waals surface area contributed by atoms with E-state index >= 15 is 0 Å². The number of halogens is 3. The number of hydrogen-bond donors (Lipinski definition) is 0. The lowest BCUT2D eigenvalue weighted by molar-refractivity contribution is -0.244. The zero-order valence-electron chi connectivity index (χ0n) is 20.7. The fraction of sp³-hybridized carbons (Fsp3) is 0.600. The molecule has 0 saturated heterocycles. The molecule has 0 unspecified atom stereocenters. The van der Waals surface area contributed by atoms with E-state index in [0.29, 0.717) is 17.4 Å². The van der Waals surface area contributed by atoms with Crippen LogP contribution in [0.3, 0.4) is 0 Å². The van der Waals surface area contributed by atoms with Crippen molar-refractivity contribution < 1.29 is 17.9 Å². The molecule has 2 aromatic carbocycles. The van der Waals surface area contributed by atoms with Crippen molar-refractivity contribution in [3.63, 3.8) is 0 Å². The zero-order chi connectivity index (χ0) is 24.1. The molecule has 0 radical (unpaired) electrons. The van der Waals surface area contributed by atoms with Gasteiger partial charge in [0, 0.05) is 5.56 Å². The Morgan fingerprint density at radius 3 is 2.03 bits per heavy atom. The van der Waals surface area contributed by atoms with Gasteiger partial charge in [0.05, 0.1) is 13.0 Å². The second-order valence-electron chi connectivity index (χ2n) is 10.8. The lowest BCUT2D eigenvalue weighted by Crippen LogP contribution is -2.24. The van der Waals surface area contributed by atoms with Gasteiger partial charge in [-0.3, -0.25) is 0 Å². The number of ether oxygens (including phenoxy) is 1. The molecular weight excluding hydrogens is 433 g/mol. The summed E-state index contributed by atoms with van der Waals surface area (Å²) in [5.41, 5.74) is 2.95. The standard InChI is InChI=1S/C30H39F3O/c1-3-22-6-12-26(13-7-22)27-16-17-28(29(31)18-27)20-34-30(32,33)19-23-8-14-25(15-9-23)24-10-4-21(2)5-11-24/h8-9,14-18,21-22,24,26H,3-7,10-13,19-20H2,1-2H3. The third-order valence-electron chi connectivity index (χ3n) is 8.29. The SMILES string of the molecule is CCC1CCC(c2ccc(COC(F)(F)Cc3ccc(C4CCC(C)CC4)cc3)c(F)c2)CC1. The Hall–Kier alpha value is -1.81. The molecule has 2 fully saturated rings. The molecule has 0 aromatic heterocycles. The summed E-state index contributed by atoms with van der Waals surface area (Å²) in [7, 11) is 0. The summed E-state index contributed by atoms with van der Waals surface area (Å²) >= 11 is 0. The molecule has 0 amide bonds. The van der Waals surface area contributed by atoms with Crippen LogP contribution in [0, 0.1) is 17.7 Å². The van der Waals surface area contributed by atoms with Gasteiger partial charge in [-0.25, -0.2) is 4.39 Å². The molecule has 2 aromatic rings. The average molecular weight is 473 g/mol. The summed E-state index contributed by atoms with van der Waals surface area (Å²) in [6, 6.07) is 12.6. The average Bonchev–Trinajstić information content (AvgIpc) is 2.84. The second kappa shape index (κ2) is 11.3. The van der Waals surface area contributed by atoms with Crippen molar-refractivity contribution in [3.05, 3.63) is 70.5 Å². The fourth-order valence-corrected chi connectivity index (χ4v) is 5.81. The molecule has 0 spiro atoms. The summed E-state index contributed by atoms with van der Waals surface area (Å²) in [5, 5.41) is 0. The summed E-state index contributed by atoms with van der Waals surface area (Å²) in [5.74, 6) is 2.02. The minimum Gasteiger partial charge on any atom is -0.315 e. The van der Waals surface area contributed by atoms with Crippen LogP contribution in [0.5, 0.6) is 0 Å². The molecule has 4 heteroatoms. The zero-order valence-corrected chi connectivity index (χ0v) is 20.7. The molecule has 0 aliphatic heterocycles. The van der Waals surface area contributed by atoms with Crippen LogP contribution in [0.15, 0.2) is 42.5 Å². The minimum absolute atomic E-state index is 0.188. The molecule has 2 saturated carbocycles. The molecule has 0 atom stereocenters. The number of benzene rings is 2. The van der Waals surface area contributed by atoms with Crippen molar-refractivity contribution in [2.75, 3.05) is 0 Å². The van der Waals surface area contributed by atoms with Crippen LogP contribution in [0.2, 0.25) is 0 Å². The summed E-state index contributed by atoms with van der Waals surface area (Å²) in [4.78, 5) is 0. The van der Waals surface area contributed by atoms with Gasteiger partial charge in [-0.1, -0.05) is 69.5 Å². The Balaban J connectivity index is 1.29. The Morgan fingerprint density at radius 2 is 1.41 bits per heavy atom. The highest BCUT2D eigenvalue weighted by Crippen LogP contribution is 2.38. The molecular formula is C30H39F3O. The second-order valence-corrected chi connectivity index (χ2v) is 10.8. The quantitative estimate of drug-likeness (QED) is 0.372. The summed E-state index contributed by atoms with van der Waals surface area (Å²) < 4.78 is 48.6. The van der Waals surface area contributed by atoms with Gasteiger partial charge in [-0.05, 0) is 85.0 Å². The first kappa shape index (κ1) is 25.3. The van der Waals surface area contributed by atoms with Crippen molar-refractivity contribution in [2.45, 2.75) is 103 Å². The first-order chi connectivity index (χ1) is 16.3. The van der Waals surface area contributed by atoms with Crippen LogP contribution in [0.25, 0.3) is 0 Å². The third-order valence-corrected chi connectivity index (χ3v) is 8.29. The minimum atomic E-state index is -3.34. The highest BCUT2D eigenvalue weighted by molar-refractivity contribution is 5.28. The van der Waals surface area contributed by atoms with Crippen LogP contribution in [-0.4, -0.2) is 6.11 Å². The van der Waals surface area contributed by atoms with Crippen LogP contribution in [0.1, 0.15) is 106 Å². The maximum absolute atomic E-state index is 14.7. The summed E-state index contributed by atoms with van der Waals surface area (Å²) in [6.45, 7) is 4.09. The van der Waals surface area contributed by atoms with Gasteiger partial charge in [0.15, 0.2) is 0 Å². The van der Waals surface area contributed by atoms with E-state index in [1.165, 1.54) is 56.6 Å². The topological polar surface area (TPSA) is 9.23 Å². The predicted octanol–water partition coefficient (Wildman–Crippen LogP) is 9.16. The first-order valence-corrected chi connectivity index (χ1v) is 13.2. The molecule has 2 aliphatic rings. The van der Waals surface area contributed by atoms with E-state index in [0.717, 1.165) is 30.2 Å². The number of rotatable bonds is 8. The fourth-order valence-electron chi connectivity index (χ4n) is 5.81. The lowest BCUT2D eigenvalue weighted by Gasteiger charge is -2.28. The molecule has 2 aliphatic carbocycles. The third kappa shape index (κ3) is 6.65. The first-order valence-electron chi connectivity index (χ1n) is 13.2. The van der Waals surface area contributed by atoms with Gasteiger partial charge in [0.2, 0.25) is 0 Å². The maximum atomic E-state index is 14.7. The van der Waals surface area contributed by atoms with Crippen LogP contribution < -0.4 is 0 Å². The van der Waals surface area contributed by atoms with E-state index < -0.39 is 25.0 Å². The molecule has 186 valence electrons. The van der Waals surface area contributed by atoms with E-state index in [1.807, 2.05) is 18.2 Å². The van der Waals surface area contributed by atoms with E-state index in [9.17, 15) is 13.2 Å². The van der Waals surface area contributed by atoms with Crippen LogP contribution in [0.4, 0.5) is 13.2 Å². The molecule has 1 nitrogen and oxygen atoms in total. The smallest absolute Gasteiger partial charge is 0.315 e. The Kier molecular flexibility index (Phi) is 8.39. The normalized spacial score (nSPS) is 25.9. The Labute approximate surface area is 203 Å². The van der Waals surface area contributed by atoms with Crippen LogP contribution in [-0.2, 0) is 17.8 Å². The van der Waals surface area contributed by atoms with Crippen molar-refractivity contribution >= 4 is 0 Å². The van der Waals surface area contributed by atoms with Crippen LogP contribution >= 0.6 is 0 Å². The molecule has 0 heterocycles. The lowest BCUT2D eigenvalue weighted by atomic mass is 9.78. The Bertz CT molecular complexity index is 907. The summed E-state index contributed by atoms with van der Waals surface area (Å²) in [6.07, 6.45) is 6.67. The van der Waals surface area contributed by atoms with E-state index in [4.69, 9.17) is 4.74 Å². The van der Waals surface area contributed by atoms with E-state index in [1.54, 1.807) is 18.2 Å². The van der Waals surface area contributed by atoms with Crippen molar-refractivity contribution in [3.8, 4) is 0 Å². The van der Waals surface area contributed by atoms with Gasteiger partial charge in [-0.15, -0.1) is 0 Å². The highest BCUT2D eigenvalue weighted by atomic mass is 19.3. The van der Waals surface area contributed by atoms with Gasteiger partial charge in [0.25, 0.3) is 0 Å². The van der Waals surface area contributed by atoms with Gasteiger partial charge >= 0.3 is 6.11 Å². The van der Waals surface area contributed by atoms with E-state index in [2.05, 4.69) is 13.8 Å². The monoisotopic (exact) mass is 472 g/mol. The van der Waals surface area contributed by atoms with Crippen molar-refractivity contribution in [1.29, 1.82) is 0 Å². The molecule has 4 rings (SSSR count). The van der Waals surface area contributed by atoms with Crippen molar-refractivity contribution in [2.24, 2.45) is 11.8 Å². The molecule has 0 N–H and O–H groups in total. The predicted molar refractivity (Wildman–Crippen MR) is 132 cm³/mol. The van der Waals surface area contributed by atoms with Crippen molar-refractivity contribution in [1.82, 2.24) is 0 Å². The molecule has 0 bridgehead atoms. The number of alkyl halides is 2. The maximum Gasteiger partial charge on any atom is 0.360 e. The van der Waals surface area contributed by atoms with Gasteiger partial charge < -0.3 is 4.74 Å². The van der Waals surface area contributed by atoms with E-state index in [-0.39, 0.29) is 5.56 Å². The van der Waals surface area contributed by atoms with Gasteiger partial charge in [0.1, 0.15) is 5.82 Å². The largest absolute Gasteiger partial charge is 0.360 e. The van der Waals surface area contributed by atoms with Gasteiger partial charge in [-0.2, -0.15) is 8.78 Å². The Morgan fingerprint density at radius 1 is 0.824 bits per heavy atom. The molecule has 34 heavy (non-hydrogen) atoms. The highest BCUT2D eigenvalue weighted by Gasteiger charge is 2.31. The number of hydrogen-bond acceptors (Lipinski definition) is 1.